The Labute approximate surface area is 124 Å². The summed E-state index contributed by atoms with van der Waals surface area (Å²) in [6, 6.07) is 5.37. The maximum atomic E-state index is 10.3. The van der Waals surface area contributed by atoms with Gasteiger partial charge in [-0.2, -0.15) is 0 Å². The molecule has 6 nitrogen and oxygen atoms in total. The van der Waals surface area contributed by atoms with E-state index in [1.165, 1.54) is 0 Å². The van der Waals surface area contributed by atoms with Crippen molar-refractivity contribution >= 4 is 0 Å². The highest BCUT2D eigenvalue weighted by Gasteiger charge is 2.14. The lowest BCUT2D eigenvalue weighted by atomic mass is 10.1. The Morgan fingerprint density at radius 1 is 1.33 bits per heavy atom. The molecule has 0 saturated carbocycles. The fraction of sp³-hybridized carbons (Fsp3) is 0.400. The van der Waals surface area contributed by atoms with Gasteiger partial charge in [0.1, 0.15) is 17.3 Å². The van der Waals surface area contributed by atoms with Crippen molar-refractivity contribution < 1.29 is 14.6 Å². The Hall–Kier alpha value is -2.05. The number of hydrogen-bond acceptors (Lipinski definition) is 5. The SMILES string of the molecule is COc1ccc(OC)c(C(O)CNCc2nccn2C)c1. The molecule has 0 aliphatic carbocycles. The van der Waals surface area contributed by atoms with Crippen molar-refractivity contribution in [3.8, 4) is 11.5 Å². The van der Waals surface area contributed by atoms with E-state index in [9.17, 15) is 5.11 Å². The van der Waals surface area contributed by atoms with Gasteiger partial charge in [0, 0.05) is 31.5 Å². The minimum absolute atomic E-state index is 0.399. The van der Waals surface area contributed by atoms with Crippen molar-refractivity contribution in [1.82, 2.24) is 14.9 Å². The van der Waals surface area contributed by atoms with Gasteiger partial charge in [-0.1, -0.05) is 0 Å². The molecule has 1 aromatic carbocycles. The predicted molar refractivity (Wildman–Crippen MR) is 79.4 cm³/mol. The molecule has 21 heavy (non-hydrogen) atoms. The topological polar surface area (TPSA) is 68.5 Å². The van der Waals surface area contributed by atoms with Crippen LogP contribution in [0.25, 0.3) is 0 Å². The molecule has 0 aliphatic rings. The molecule has 0 saturated heterocycles. The highest BCUT2D eigenvalue weighted by atomic mass is 16.5. The lowest BCUT2D eigenvalue weighted by molar-refractivity contribution is 0.169. The zero-order valence-corrected chi connectivity index (χ0v) is 12.5. The molecule has 1 atom stereocenters. The first kappa shape index (κ1) is 15.3. The molecule has 1 unspecified atom stereocenters. The standard InChI is InChI=1S/C15H21N3O3/c1-18-7-6-17-15(18)10-16-9-13(19)12-8-11(20-2)4-5-14(12)21-3/h4-8,13,16,19H,9-10H2,1-3H3. The van der Waals surface area contributed by atoms with Crippen LogP contribution >= 0.6 is 0 Å². The maximum absolute atomic E-state index is 10.3. The van der Waals surface area contributed by atoms with E-state index in [1.807, 2.05) is 17.8 Å². The average molecular weight is 291 g/mol. The number of aliphatic hydroxyl groups is 1. The summed E-state index contributed by atoms with van der Waals surface area (Å²) < 4.78 is 12.4. The third-order valence-electron chi connectivity index (χ3n) is 3.34. The van der Waals surface area contributed by atoms with Gasteiger partial charge in [-0.3, -0.25) is 0 Å². The number of hydrogen-bond donors (Lipinski definition) is 2. The number of aliphatic hydroxyl groups excluding tert-OH is 1. The van der Waals surface area contributed by atoms with Gasteiger partial charge in [0.25, 0.3) is 0 Å². The molecule has 0 fully saturated rings. The first-order chi connectivity index (χ1) is 10.2. The highest BCUT2D eigenvalue weighted by molar-refractivity contribution is 5.41. The Morgan fingerprint density at radius 2 is 2.14 bits per heavy atom. The number of imidazole rings is 1. The van der Waals surface area contributed by atoms with Crippen LogP contribution in [-0.2, 0) is 13.6 Å². The van der Waals surface area contributed by atoms with Gasteiger partial charge in [0.2, 0.25) is 0 Å². The molecule has 0 aliphatic heterocycles. The number of rotatable bonds is 7. The first-order valence-corrected chi connectivity index (χ1v) is 6.72. The van der Waals surface area contributed by atoms with Crippen LogP contribution in [0, 0.1) is 0 Å². The normalized spacial score (nSPS) is 12.2. The molecule has 2 rings (SSSR count). The minimum atomic E-state index is -0.685. The third kappa shape index (κ3) is 3.74. The predicted octanol–water partition coefficient (Wildman–Crippen LogP) is 1.26. The summed E-state index contributed by atoms with van der Waals surface area (Å²) in [5, 5.41) is 13.5. The number of nitrogens with one attached hydrogen (secondary N) is 1. The lowest BCUT2D eigenvalue weighted by Gasteiger charge is -2.16. The van der Waals surface area contributed by atoms with Gasteiger partial charge < -0.3 is 24.5 Å². The lowest BCUT2D eigenvalue weighted by Crippen LogP contribution is -2.23. The van der Waals surface area contributed by atoms with E-state index in [4.69, 9.17) is 9.47 Å². The van der Waals surface area contributed by atoms with E-state index in [2.05, 4.69) is 10.3 Å². The first-order valence-electron chi connectivity index (χ1n) is 6.72. The number of nitrogens with zero attached hydrogens (tertiary/aromatic N) is 2. The van der Waals surface area contributed by atoms with E-state index in [1.54, 1.807) is 38.6 Å². The van der Waals surface area contributed by atoms with Gasteiger partial charge in [0.15, 0.2) is 0 Å². The van der Waals surface area contributed by atoms with Gasteiger partial charge in [-0.25, -0.2) is 4.98 Å². The van der Waals surface area contributed by atoms with E-state index in [0.717, 1.165) is 5.82 Å². The number of ether oxygens (including phenoxy) is 2. The summed E-state index contributed by atoms with van der Waals surface area (Å²) in [5.74, 6) is 2.25. The van der Waals surface area contributed by atoms with Crippen molar-refractivity contribution in [3.63, 3.8) is 0 Å². The van der Waals surface area contributed by atoms with E-state index in [0.29, 0.717) is 30.2 Å². The molecule has 1 heterocycles. The molecule has 2 N–H and O–H groups in total. The second-order valence-corrected chi connectivity index (χ2v) is 4.71. The van der Waals surface area contributed by atoms with Crippen molar-refractivity contribution in [3.05, 3.63) is 42.0 Å². The summed E-state index contributed by atoms with van der Waals surface area (Å²) in [6.45, 7) is 0.989. The molecular formula is C15H21N3O3. The molecular weight excluding hydrogens is 270 g/mol. The molecule has 0 amide bonds. The van der Waals surface area contributed by atoms with E-state index < -0.39 is 6.10 Å². The largest absolute Gasteiger partial charge is 0.497 e. The second kappa shape index (κ2) is 7.10. The summed E-state index contributed by atoms with van der Waals surface area (Å²) in [5.41, 5.74) is 0.698. The summed E-state index contributed by atoms with van der Waals surface area (Å²) in [4.78, 5) is 4.22. The molecule has 0 bridgehead atoms. The van der Waals surface area contributed by atoms with Crippen LogP contribution in [-0.4, -0.2) is 35.4 Å². The van der Waals surface area contributed by atoms with Gasteiger partial charge in [0.05, 0.1) is 26.9 Å². The van der Waals surface area contributed by atoms with Crippen molar-refractivity contribution in [2.24, 2.45) is 7.05 Å². The second-order valence-electron chi connectivity index (χ2n) is 4.71. The Balaban J connectivity index is 1.99. The summed E-state index contributed by atoms with van der Waals surface area (Å²) >= 11 is 0. The fourth-order valence-corrected chi connectivity index (χ4v) is 2.10. The molecule has 1 aromatic heterocycles. The minimum Gasteiger partial charge on any atom is -0.497 e. The average Bonchev–Trinajstić information content (AvgIpc) is 2.91. The van der Waals surface area contributed by atoms with Crippen LogP contribution in [0.1, 0.15) is 17.5 Å². The Morgan fingerprint density at radius 3 is 2.76 bits per heavy atom. The third-order valence-corrected chi connectivity index (χ3v) is 3.34. The monoisotopic (exact) mass is 291 g/mol. The van der Waals surface area contributed by atoms with E-state index in [-0.39, 0.29) is 0 Å². The molecule has 6 heteroatoms. The van der Waals surface area contributed by atoms with Crippen LogP contribution in [0.15, 0.2) is 30.6 Å². The van der Waals surface area contributed by atoms with Crippen molar-refractivity contribution in [2.45, 2.75) is 12.6 Å². The van der Waals surface area contributed by atoms with Crippen molar-refractivity contribution in [2.75, 3.05) is 20.8 Å². The number of benzene rings is 1. The van der Waals surface area contributed by atoms with Crippen LogP contribution in [0.5, 0.6) is 11.5 Å². The zero-order valence-electron chi connectivity index (χ0n) is 12.5. The zero-order chi connectivity index (χ0) is 15.2. The van der Waals surface area contributed by atoms with Gasteiger partial charge in [-0.15, -0.1) is 0 Å². The number of aromatic nitrogens is 2. The van der Waals surface area contributed by atoms with Gasteiger partial charge >= 0.3 is 0 Å². The number of methoxy groups -OCH3 is 2. The van der Waals surface area contributed by atoms with Crippen LogP contribution < -0.4 is 14.8 Å². The van der Waals surface area contributed by atoms with Gasteiger partial charge in [-0.05, 0) is 18.2 Å². The molecule has 0 radical (unpaired) electrons. The smallest absolute Gasteiger partial charge is 0.124 e. The summed E-state index contributed by atoms with van der Waals surface area (Å²) in [6.07, 6.45) is 2.95. The van der Waals surface area contributed by atoms with E-state index >= 15 is 0 Å². The van der Waals surface area contributed by atoms with Crippen LogP contribution in [0.4, 0.5) is 0 Å². The molecule has 114 valence electrons. The Kier molecular flexibility index (Phi) is 5.19. The number of aryl methyl sites for hydroxylation is 1. The highest BCUT2D eigenvalue weighted by Crippen LogP contribution is 2.29. The fourth-order valence-electron chi connectivity index (χ4n) is 2.10. The summed E-state index contributed by atoms with van der Waals surface area (Å²) in [7, 11) is 5.11. The van der Waals surface area contributed by atoms with Crippen LogP contribution in [0.2, 0.25) is 0 Å². The quantitative estimate of drug-likeness (QED) is 0.804. The molecule has 0 spiro atoms. The maximum Gasteiger partial charge on any atom is 0.124 e. The van der Waals surface area contributed by atoms with Crippen molar-refractivity contribution in [1.29, 1.82) is 0 Å². The molecule has 2 aromatic rings. The van der Waals surface area contributed by atoms with Crippen LogP contribution in [0.3, 0.4) is 0 Å². The Bertz CT molecular complexity index is 583.